The molecule has 0 unspecified atom stereocenters. The van der Waals surface area contributed by atoms with E-state index < -0.39 is 0 Å². The number of rotatable bonds is 2. The Morgan fingerprint density at radius 1 is 1.75 bits per heavy atom. The van der Waals surface area contributed by atoms with Gasteiger partial charge in [0.15, 0.2) is 0 Å². The highest BCUT2D eigenvalue weighted by Crippen LogP contribution is 2.49. The number of hydrogen-bond acceptors (Lipinski definition) is 2. The lowest BCUT2D eigenvalue weighted by Crippen LogP contribution is -1.97. The summed E-state index contributed by atoms with van der Waals surface area (Å²) in [4.78, 5) is 0. The average Bonchev–Trinajstić information content (AvgIpc) is 2.50. The smallest absolute Gasteiger partial charge is 0.0636 e. The zero-order valence-corrected chi connectivity index (χ0v) is 5.79. The molecule has 1 aliphatic carbocycles. The Morgan fingerprint density at radius 2 is 2.38 bits per heavy atom. The molecule has 1 rings (SSSR count). The second-order valence-corrected chi connectivity index (χ2v) is 3.50. The van der Waals surface area contributed by atoms with Crippen LogP contribution in [-0.4, -0.2) is 11.0 Å². The molecule has 0 bridgehead atoms. The number of hydrogen-bond donors (Lipinski definition) is 0. The Morgan fingerprint density at radius 3 is 2.50 bits per heavy atom. The van der Waals surface area contributed by atoms with Crippen LogP contribution in [0.15, 0.2) is 0 Å². The van der Waals surface area contributed by atoms with Crippen LogP contribution in [0, 0.1) is 11.3 Å². The fourth-order valence-corrected chi connectivity index (χ4v) is 1.46. The van der Waals surface area contributed by atoms with Crippen LogP contribution in [0.2, 0.25) is 0 Å². The van der Waals surface area contributed by atoms with Gasteiger partial charge in [-0.1, -0.05) is 0 Å². The quantitative estimate of drug-likeness (QED) is 0.564. The minimum Gasteiger partial charge on any atom is -0.198 e. The molecular formula is C6H9NS. The first kappa shape index (κ1) is 5.97. The summed E-state index contributed by atoms with van der Waals surface area (Å²) in [5.41, 5.74) is 0. The van der Waals surface area contributed by atoms with Gasteiger partial charge in [0.05, 0.1) is 6.07 Å². The lowest BCUT2D eigenvalue weighted by molar-refractivity contribution is 0.936. The molecule has 0 aliphatic heterocycles. The van der Waals surface area contributed by atoms with Gasteiger partial charge in [0.25, 0.3) is 0 Å². The van der Waals surface area contributed by atoms with E-state index in [1.54, 1.807) is 0 Å². The van der Waals surface area contributed by atoms with Crippen molar-refractivity contribution in [3.05, 3.63) is 0 Å². The fourth-order valence-electron chi connectivity index (χ4n) is 0.737. The predicted octanol–water partition coefficient (Wildman–Crippen LogP) is 1.80. The summed E-state index contributed by atoms with van der Waals surface area (Å²) in [7, 11) is 0. The molecule has 1 fully saturated rings. The molecule has 0 atom stereocenters. The van der Waals surface area contributed by atoms with Gasteiger partial charge < -0.3 is 0 Å². The molecule has 1 saturated carbocycles. The van der Waals surface area contributed by atoms with Gasteiger partial charge >= 0.3 is 0 Å². The van der Waals surface area contributed by atoms with E-state index in [1.807, 2.05) is 11.8 Å². The van der Waals surface area contributed by atoms with E-state index >= 15 is 0 Å². The largest absolute Gasteiger partial charge is 0.198 e. The maximum absolute atomic E-state index is 8.31. The summed E-state index contributed by atoms with van der Waals surface area (Å²) >= 11 is 1.84. The zero-order valence-electron chi connectivity index (χ0n) is 4.98. The Hall–Kier alpha value is -0.160. The van der Waals surface area contributed by atoms with Gasteiger partial charge in [0.2, 0.25) is 0 Å². The van der Waals surface area contributed by atoms with Gasteiger partial charge in [-0.25, -0.2) is 0 Å². The highest BCUT2D eigenvalue weighted by molar-refractivity contribution is 8.00. The van der Waals surface area contributed by atoms with Crippen molar-refractivity contribution in [1.82, 2.24) is 0 Å². The Kier molecular flexibility index (Phi) is 1.48. The van der Waals surface area contributed by atoms with Crippen molar-refractivity contribution in [3.8, 4) is 6.07 Å². The summed E-state index contributed by atoms with van der Waals surface area (Å²) in [5.74, 6) is 0. The highest BCUT2D eigenvalue weighted by atomic mass is 32.2. The van der Waals surface area contributed by atoms with Gasteiger partial charge in [0, 0.05) is 11.2 Å². The third-order valence-corrected chi connectivity index (χ3v) is 3.06. The van der Waals surface area contributed by atoms with E-state index in [2.05, 4.69) is 12.3 Å². The van der Waals surface area contributed by atoms with E-state index in [-0.39, 0.29) is 0 Å². The van der Waals surface area contributed by atoms with E-state index in [1.165, 1.54) is 12.8 Å². The van der Waals surface area contributed by atoms with Gasteiger partial charge in [-0.05, 0) is 19.1 Å². The van der Waals surface area contributed by atoms with Crippen LogP contribution < -0.4 is 0 Å². The average molecular weight is 127 g/mol. The monoisotopic (exact) mass is 127 g/mol. The summed E-state index contributed by atoms with van der Waals surface area (Å²) in [6, 6.07) is 2.20. The van der Waals surface area contributed by atoms with E-state index in [4.69, 9.17) is 5.26 Å². The van der Waals surface area contributed by atoms with Crippen molar-refractivity contribution in [2.75, 3.05) is 6.26 Å². The zero-order chi connectivity index (χ0) is 6.04. The third kappa shape index (κ3) is 0.976. The molecule has 2 heteroatoms. The summed E-state index contributed by atoms with van der Waals surface area (Å²) in [5, 5.41) is 8.31. The molecule has 1 nitrogen and oxygen atoms in total. The molecule has 0 saturated heterocycles. The van der Waals surface area contributed by atoms with Crippen molar-refractivity contribution in [3.63, 3.8) is 0 Å². The molecule has 8 heavy (non-hydrogen) atoms. The van der Waals surface area contributed by atoms with E-state index in [0.717, 1.165) is 6.42 Å². The molecule has 44 valence electrons. The molecule has 1 aliphatic rings. The van der Waals surface area contributed by atoms with Gasteiger partial charge in [-0.15, -0.1) is 0 Å². The summed E-state index contributed by atoms with van der Waals surface area (Å²) < 4.78 is 0.398. The van der Waals surface area contributed by atoms with Crippen LogP contribution in [0.4, 0.5) is 0 Å². The molecule has 0 amide bonds. The highest BCUT2D eigenvalue weighted by Gasteiger charge is 2.41. The number of nitriles is 1. The first-order valence-electron chi connectivity index (χ1n) is 2.75. The first-order valence-corrected chi connectivity index (χ1v) is 3.97. The van der Waals surface area contributed by atoms with E-state index in [9.17, 15) is 0 Å². The summed E-state index contributed by atoms with van der Waals surface area (Å²) in [6.07, 6.45) is 5.34. The number of thioether (sulfide) groups is 1. The van der Waals surface area contributed by atoms with Crippen molar-refractivity contribution < 1.29 is 0 Å². The van der Waals surface area contributed by atoms with Crippen LogP contribution in [-0.2, 0) is 0 Å². The van der Waals surface area contributed by atoms with Crippen molar-refractivity contribution >= 4 is 11.8 Å². The van der Waals surface area contributed by atoms with Crippen LogP contribution in [0.5, 0.6) is 0 Å². The second-order valence-electron chi connectivity index (χ2n) is 2.22. The van der Waals surface area contributed by atoms with Gasteiger partial charge in [-0.2, -0.15) is 17.0 Å². The van der Waals surface area contributed by atoms with Crippen LogP contribution in [0.25, 0.3) is 0 Å². The first-order chi connectivity index (χ1) is 3.83. The molecular weight excluding hydrogens is 118 g/mol. The maximum Gasteiger partial charge on any atom is 0.0636 e. The molecule has 0 spiro atoms. The maximum atomic E-state index is 8.31. The summed E-state index contributed by atoms with van der Waals surface area (Å²) in [6.45, 7) is 0. The standard InChI is InChI=1S/C6H9NS/c1-8-6(2-3-6)4-5-7/h2-4H2,1H3. The lowest BCUT2D eigenvalue weighted by Gasteiger charge is -2.02. The molecule has 0 aromatic carbocycles. The van der Waals surface area contributed by atoms with Crippen molar-refractivity contribution in [1.29, 1.82) is 5.26 Å². The van der Waals surface area contributed by atoms with Gasteiger partial charge in [-0.3, -0.25) is 0 Å². The van der Waals surface area contributed by atoms with Crippen LogP contribution in [0.3, 0.4) is 0 Å². The normalized spacial score (nSPS) is 22.0. The predicted molar refractivity (Wildman–Crippen MR) is 35.7 cm³/mol. The Labute approximate surface area is 54.1 Å². The molecule has 0 aromatic heterocycles. The van der Waals surface area contributed by atoms with E-state index in [0.29, 0.717) is 4.75 Å². The Bertz CT molecular complexity index is 121. The van der Waals surface area contributed by atoms with Crippen molar-refractivity contribution in [2.45, 2.75) is 24.0 Å². The molecule has 0 radical (unpaired) electrons. The molecule has 0 aromatic rings. The topological polar surface area (TPSA) is 23.8 Å². The third-order valence-electron chi connectivity index (χ3n) is 1.64. The van der Waals surface area contributed by atoms with Crippen LogP contribution >= 0.6 is 11.8 Å². The minimum absolute atomic E-state index is 0.398. The molecule has 0 N–H and O–H groups in total. The van der Waals surface area contributed by atoms with Gasteiger partial charge in [0.1, 0.15) is 0 Å². The minimum atomic E-state index is 0.398. The van der Waals surface area contributed by atoms with Crippen LogP contribution in [0.1, 0.15) is 19.3 Å². The SMILES string of the molecule is CSC1(CC#N)CC1. The number of nitrogens with zero attached hydrogens (tertiary/aromatic N) is 1. The Balaban J connectivity index is 2.33. The molecule has 0 heterocycles. The van der Waals surface area contributed by atoms with Crippen molar-refractivity contribution in [2.24, 2.45) is 0 Å². The second kappa shape index (κ2) is 1.99. The lowest BCUT2D eigenvalue weighted by atomic mass is 10.3. The fraction of sp³-hybridized carbons (Fsp3) is 0.833.